The summed E-state index contributed by atoms with van der Waals surface area (Å²) in [5.41, 5.74) is -0.726. The summed E-state index contributed by atoms with van der Waals surface area (Å²) >= 11 is 0. The van der Waals surface area contributed by atoms with E-state index in [1.165, 1.54) is 0 Å². The first-order valence-electron chi connectivity index (χ1n) is 4.89. The second-order valence-corrected chi connectivity index (χ2v) is 4.25. The van der Waals surface area contributed by atoms with Gasteiger partial charge in [0.15, 0.2) is 5.96 Å². The fourth-order valence-corrected chi connectivity index (χ4v) is 1.53. The molecule has 0 aliphatic carbocycles. The van der Waals surface area contributed by atoms with Gasteiger partial charge in [0.2, 0.25) is 0 Å². The molecule has 0 saturated heterocycles. The Labute approximate surface area is 85.2 Å². The van der Waals surface area contributed by atoms with Gasteiger partial charge in [-0.15, -0.1) is 0 Å². The molecule has 0 spiro atoms. The highest BCUT2D eigenvalue weighted by atomic mass is 16.3. The average molecular weight is 200 g/mol. The predicted octanol–water partition coefficient (Wildman–Crippen LogP) is -1.15. The molecule has 82 valence electrons. The molecule has 1 aliphatic heterocycles. The third-order valence-corrected chi connectivity index (χ3v) is 1.97. The highest BCUT2D eigenvalue weighted by Crippen LogP contribution is 2.02. The molecule has 14 heavy (non-hydrogen) atoms. The topological polar surface area (TPSA) is 59.9 Å². The molecular formula is C9H20N4O. The molecule has 0 fully saturated rings. The number of rotatable bonds is 4. The predicted molar refractivity (Wildman–Crippen MR) is 57.5 cm³/mol. The quantitative estimate of drug-likeness (QED) is 0.536. The van der Waals surface area contributed by atoms with Crippen LogP contribution in [-0.4, -0.2) is 61.8 Å². The highest BCUT2D eigenvalue weighted by molar-refractivity contribution is 5.81. The van der Waals surface area contributed by atoms with E-state index < -0.39 is 5.60 Å². The fraction of sp³-hybridized carbons (Fsp3) is 0.889. The van der Waals surface area contributed by atoms with E-state index in [1.54, 1.807) is 0 Å². The zero-order valence-electron chi connectivity index (χ0n) is 9.17. The van der Waals surface area contributed by atoms with Crippen LogP contribution in [0, 0.1) is 0 Å². The second kappa shape index (κ2) is 4.61. The van der Waals surface area contributed by atoms with E-state index in [9.17, 15) is 5.11 Å². The van der Waals surface area contributed by atoms with E-state index in [2.05, 4.69) is 15.6 Å². The molecule has 0 radical (unpaired) electrons. The molecule has 1 rings (SSSR count). The Morgan fingerprint density at radius 3 is 2.86 bits per heavy atom. The maximum atomic E-state index is 9.96. The van der Waals surface area contributed by atoms with Crippen molar-refractivity contribution >= 4 is 5.96 Å². The molecule has 0 bridgehead atoms. The number of guanidine groups is 1. The van der Waals surface area contributed by atoms with Gasteiger partial charge in [0.1, 0.15) is 0 Å². The molecule has 1 aliphatic rings. The molecule has 0 amide bonds. The van der Waals surface area contributed by atoms with Gasteiger partial charge in [-0.05, 0) is 21.0 Å². The molecule has 1 atom stereocenters. The third-order valence-electron chi connectivity index (χ3n) is 1.97. The fourth-order valence-electron chi connectivity index (χ4n) is 1.53. The van der Waals surface area contributed by atoms with Crippen LogP contribution in [0.5, 0.6) is 0 Å². The molecule has 0 aromatic carbocycles. The first-order chi connectivity index (χ1) is 6.49. The van der Waals surface area contributed by atoms with Crippen molar-refractivity contribution in [3.63, 3.8) is 0 Å². The lowest BCUT2D eigenvalue weighted by Crippen LogP contribution is -2.49. The van der Waals surface area contributed by atoms with E-state index in [-0.39, 0.29) is 0 Å². The Kier molecular flexibility index (Phi) is 3.71. The van der Waals surface area contributed by atoms with Gasteiger partial charge in [0.05, 0.1) is 12.1 Å². The first kappa shape index (κ1) is 11.3. The Morgan fingerprint density at radius 1 is 1.64 bits per heavy atom. The number of nitrogens with zero attached hydrogens (tertiary/aromatic N) is 2. The van der Waals surface area contributed by atoms with Crippen LogP contribution >= 0.6 is 0 Å². The lowest BCUT2D eigenvalue weighted by Gasteiger charge is -2.27. The average Bonchev–Trinajstić information content (AvgIpc) is 2.50. The minimum Gasteiger partial charge on any atom is -0.387 e. The zero-order valence-corrected chi connectivity index (χ0v) is 9.17. The standard InChI is InChI=1S/C9H20N4O/c1-9(14,7-13(2)3)6-12-8-10-4-5-11-8/h14H,4-7H2,1-3H3,(H2,10,11,12). The van der Waals surface area contributed by atoms with Crippen molar-refractivity contribution in [1.29, 1.82) is 0 Å². The smallest absolute Gasteiger partial charge is 0.191 e. The van der Waals surface area contributed by atoms with Gasteiger partial charge in [-0.3, -0.25) is 4.99 Å². The van der Waals surface area contributed by atoms with Crippen LogP contribution in [0.3, 0.4) is 0 Å². The zero-order chi connectivity index (χ0) is 10.6. The van der Waals surface area contributed by atoms with Crippen LogP contribution in [0.2, 0.25) is 0 Å². The van der Waals surface area contributed by atoms with E-state index in [0.717, 1.165) is 19.0 Å². The Bertz CT molecular complexity index is 213. The lowest BCUT2D eigenvalue weighted by molar-refractivity contribution is 0.0378. The van der Waals surface area contributed by atoms with Crippen molar-refractivity contribution in [2.24, 2.45) is 4.99 Å². The minimum atomic E-state index is -0.726. The summed E-state index contributed by atoms with van der Waals surface area (Å²) in [7, 11) is 3.89. The molecule has 0 aromatic rings. The van der Waals surface area contributed by atoms with Crippen LogP contribution in [0.25, 0.3) is 0 Å². The van der Waals surface area contributed by atoms with Crippen LogP contribution in [0.4, 0.5) is 0 Å². The summed E-state index contributed by atoms with van der Waals surface area (Å²) in [5.74, 6) is 0.795. The van der Waals surface area contributed by atoms with Crippen molar-refractivity contribution in [2.45, 2.75) is 12.5 Å². The SMILES string of the molecule is CN(C)CC(C)(O)CNC1=NCCN1. The van der Waals surface area contributed by atoms with E-state index >= 15 is 0 Å². The van der Waals surface area contributed by atoms with Gasteiger partial charge < -0.3 is 20.6 Å². The number of aliphatic hydroxyl groups is 1. The molecule has 5 nitrogen and oxygen atoms in total. The van der Waals surface area contributed by atoms with Gasteiger partial charge in [-0.25, -0.2) is 0 Å². The molecular weight excluding hydrogens is 180 g/mol. The first-order valence-corrected chi connectivity index (χ1v) is 4.89. The van der Waals surface area contributed by atoms with Crippen molar-refractivity contribution in [2.75, 3.05) is 40.3 Å². The summed E-state index contributed by atoms with van der Waals surface area (Å²) in [4.78, 5) is 6.15. The van der Waals surface area contributed by atoms with Gasteiger partial charge >= 0.3 is 0 Å². The highest BCUT2D eigenvalue weighted by Gasteiger charge is 2.21. The van der Waals surface area contributed by atoms with Crippen LogP contribution in [0.15, 0.2) is 4.99 Å². The van der Waals surface area contributed by atoms with Crippen LogP contribution in [0.1, 0.15) is 6.92 Å². The van der Waals surface area contributed by atoms with Gasteiger partial charge in [0, 0.05) is 19.6 Å². The lowest BCUT2D eigenvalue weighted by atomic mass is 10.1. The summed E-state index contributed by atoms with van der Waals surface area (Å²) in [6.07, 6.45) is 0. The van der Waals surface area contributed by atoms with Crippen molar-refractivity contribution in [3.05, 3.63) is 0 Å². The molecule has 0 saturated carbocycles. The maximum Gasteiger partial charge on any atom is 0.191 e. The van der Waals surface area contributed by atoms with Gasteiger partial charge in [0.25, 0.3) is 0 Å². The number of hydrogen-bond acceptors (Lipinski definition) is 5. The normalized spacial score (nSPS) is 20.2. The summed E-state index contributed by atoms with van der Waals surface area (Å²) in [6.45, 7) is 4.66. The Morgan fingerprint density at radius 2 is 2.36 bits per heavy atom. The third kappa shape index (κ3) is 3.93. The second-order valence-electron chi connectivity index (χ2n) is 4.25. The molecule has 0 aromatic heterocycles. The number of aliphatic imine (C=N–C) groups is 1. The number of hydrogen-bond donors (Lipinski definition) is 3. The van der Waals surface area contributed by atoms with E-state index in [4.69, 9.17) is 0 Å². The Hall–Kier alpha value is -0.810. The summed E-state index contributed by atoms with van der Waals surface area (Å²) < 4.78 is 0. The van der Waals surface area contributed by atoms with E-state index in [0.29, 0.717) is 13.1 Å². The maximum absolute atomic E-state index is 9.96. The van der Waals surface area contributed by atoms with E-state index in [1.807, 2.05) is 25.9 Å². The van der Waals surface area contributed by atoms with Crippen molar-refractivity contribution in [3.8, 4) is 0 Å². The van der Waals surface area contributed by atoms with Crippen molar-refractivity contribution < 1.29 is 5.11 Å². The van der Waals surface area contributed by atoms with Crippen LogP contribution in [-0.2, 0) is 0 Å². The number of likely N-dealkylation sites (N-methyl/N-ethyl adjacent to an activating group) is 1. The van der Waals surface area contributed by atoms with Crippen LogP contribution < -0.4 is 10.6 Å². The van der Waals surface area contributed by atoms with Crippen molar-refractivity contribution in [1.82, 2.24) is 15.5 Å². The molecule has 1 heterocycles. The summed E-state index contributed by atoms with van der Waals surface area (Å²) in [6, 6.07) is 0. The van der Waals surface area contributed by atoms with Gasteiger partial charge in [-0.1, -0.05) is 0 Å². The molecule has 3 N–H and O–H groups in total. The summed E-state index contributed by atoms with van der Waals surface area (Å²) in [5, 5.41) is 16.1. The molecule has 5 heteroatoms. The van der Waals surface area contributed by atoms with Gasteiger partial charge in [-0.2, -0.15) is 0 Å². The monoisotopic (exact) mass is 200 g/mol. The molecule has 1 unspecified atom stereocenters. The Balaban J connectivity index is 2.27. The number of nitrogens with one attached hydrogen (secondary N) is 2. The minimum absolute atomic E-state index is 0.511. The largest absolute Gasteiger partial charge is 0.387 e.